The van der Waals surface area contributed by atoms with E-state index in [0.717, 1.165) is 25.9 Å². The van der Waals surface area contributed by atoms with Crippen LogP contribution in [0, 0.1) is 40.4 Å². The number of piperidine rings is 1. The molecular weight excluding hydrogens is 594 g/mol. The Balaban J connectivity index is 1.46. The molecule has 6 aliphatic rings. The molecule has 254 valence electrons. The minimum absolute atomic E-state index is 0.00867. The SMILES string of the molecule is CCN1C[C@]2(COC)CC[C@H](OC)[C@]34C1[C@@H](C(OC)C23)[C@]1(OC(C)=O)[C@H]2[C@@H](OC(=O)c3ccc(OC)cc3)[C@H](C[C@H]24)C(OC)[C@@H]1O. The number of hydrogen-bond acceptors (Lipinski definition) is 11. The fraction of sp³-hybridized carbons (Fsp3) is 0.771. The Morgan fingerprint density at radius 3 is 2.28 bits per heavy atom. The van der Waals surface area contributed by atoms with Gasteiger partial charge in [-0.05, 0) is 56.0 Å². The van der Waals surface area contributed by atoms with Gasteiger partial charge in [-0.15, -0.1) is 0 Å². The van der Waals surface area contributed by atoms with E-state index < -0.39 is 53.1 Å². The molecule has 1 spiro atoms. The molecule has 11 nitrogen and oxygen atoms in total. The van der Waals surface area contributed by atoms with Gasteiger partial charge in [-0.25, -0.2) is 4.79 Å². The molecule has 1 aliphatic heterocycles. The fourth-order valence-electron chi connectivity index (χ4n) is 12.5. The monoisotopic (exact) mass is 643 g/mol. The summed E-state index contributed by atoms with van der Waals surface area (Å²) in [5.74, 6) is -1.70. The van der Waals surface area contributed by atoms with E-state index in [4.69, 9.17) is 33.2 Å². The summed E-state index contributed by atoms with van der Waals surface area (Å²) >= 11 is 0. The van der Waals surface area contributed by atoms with Crippen molar-refractivity contribution < 1.29 is 47.9 Å². The molecule has 1 aromatic rings. The van der Waals surface area contributed by atoms with E-state index >= 15 is 0 Å². The Bertz CT molecular complexity index is 1340. The van der Waals surface area contributed by atoms with E-state index in [1.54, 1.807) is 59.8 Å². The zero-order chi connectivity index (χ0) is 32.8. The Hall–Kier alpha value is -2.28. The quantitative estimate of drug-likeness (QED) is 0.379. The molecule has 7 bridgehead atoms. The standard InChI is InChI=1S/C35H49NO10/c1-8-36-16-33(17-40-3)14-13-23(42-5)34-22-15-21-26(45-32(39)19-9-11-20(41-4)12-10-19)24(22)35(46-18(2)37,31(38)27(21)43-6)25(30(34)36)28(44-7)29(33)34/h9-12,21-31,38H,8,13-17H2,1-7H3/t21-,22+,23-,24+,25+,26-,27?,28?,29?,30?,31-,33-,34-,35+/m0/s1. The summed E-state index contributed by atoms with van der Waals surface area (Å²) in [4.78, 5) is 29.7. The largest absolute Gasteiger partial charge is 0.497 e. The first-order valence-corrected chi connectivity index (χ1v) is 16.7. The number of aliphatic hydroxyl groups is 1. The molecule has 1 N–H and O–H groups in total. The lowest BCUT2D eigenvalue weighted by Crippen LogP contribution is -2.79. The Kier molecular flexibility index (Phi) is 8.01. The summed E-state index contributed by atoms with van der Waals surface area (Å²) < 4.78 is 43.6. The van der Waals surface area contributed by atoms with Gasteiger partial charge in [-0.2, -0.15) is 0 Å². The number of nitrogens with zero attached hydrogens (tertiary/aromatic N) is 1. The molecule has 1 heterocycles. The van der Waals surface area contributed by atoms with Crippen LogP contribution in [0.3, 0.4) is 0 Å². The van der Waals surface area contributed by atoms with Gasteiger partial charge in [0.2, 0.25) is 0 Å². The second-order valence-corrected chi connectivity index (χ2v) is 14.5. The van der Waals surface area contributed by atoms with Gasteiger partial charge in [-0.3, -0.25) is 9.69 Å². The molecule has 4 unspecified atom stereocenters. The molecule has 11 heteroatoms. The van der Waals surface area contributed by atoms with Crippen molar-refractivity contribution in [3.05, 3.63) is 29.8 Å². The van der Waals surface area contributed by atoms with Crippen LogP contribution in [0.4, 0.5) is 0 Å². The lowest BCUT2D eigenvalue weighted by molar-refractivity contribution is -0.303. The van der Waals surface area contributed by atoms with Gasteiger partial charge in [0.25, 0.3) is 0 Å². The highest BCUT2D eigenvalue weighted by Gasteiger charge is 2.89. The van der Waals surface area contributed by atoms with Crippen molar-refractivity contribution in [2.45, 2.75) is 75.3 Å². The summed E-state index contributed by atoms with van der Waals surface area (Å²) in [5.41, 5.74) is -1.71. The number of rotatable bonds is 10. The average Bonchev–Trinajstić information content (AvgIpc) is 3.48. The van der Waals surface area contributed by atoms with Crippen molar-refractivity contribution >= 4 is 11.9 Å². The van der Waals surface area contributed by atoms with Gasteiger partial charge >= 0.3 is 11.9 Å². The van der Waals surface area contributed by atoms with Gasteiger partial charge in [0.15, 0.2) is 5.60 Å². The number of esters is 2. The lowest BCUT2D eigenvalue weighted by atomic mass is 9.43. The van der Waals surface area contributed by atoms with Crippen LogP contribution in [0.5, 0.6) is 5.75 Å². The number of likely N-dealkylation sites (tertiary alicyclic amines) is 1. The third kappa shape index (κ3) is 3.87. The summed E-state index contributed by atoms with van der Waals surface area (Å²) in [5, 5.41) is 12.5. The smallest absolute Gasteiger partial charge is 0.338 e. The number of ether oxygens (including phenoxy) is 7. The normalized spacial score (nSPS) is 46.6. The van der Waals surface area contributed by atoms with Crippen LogP contribution in [-0.4, -0.2) is 119 Å². The van der Waals surface area contributed by atoms with Gasteiger partial charge in [-0.1, -0.05) is 6.92 Å². The van der Waals surface area contributed by atoms with E-state index in [0.29, 0.717) is 24.3 Å². The van der Waals surface area contributed by atoms with Crippen molar-refractivity contribution in [2.24, 2.45) is 40.4 Å². The number of aliphatic hydroxyl groups excluding tert-OH is 1. The molecule has 14 atom stereocenters. The zero-order valence-corrected chi connectivity index (χ0v) is 28.0. The summed E-state index contributed by atoms with van der Waals surface area (Å²) in [7, 11) is 8.44. The van der Waals surface area contributed by atoms with Gasteiger partial charge in [0.1, 0.15) is 18.0 Å². The maximum atomic E-state index is 13.9. The number of fused-ring (bicyclic) bond motifs is 2. The molecule has 7 rings (SSSR count). The highest BCUT2D eigenvalue weighted by Crippen LogP contribution is 2.80. The van der Waals surface area contributed by atoms with E-state index in [-0.39, 0.29) is 41.4 Å². The third-order valence-electron chi connectivity index (χ3n) is 13.3. The number of methoxy groups -OCH3 is 5. The molecule has 1 saturated heterocycles. The van der Waals surface area contributed by atoms with E-state index in [2.05, 4.69) is 11.8 Å². The number of carbonyl (C=O) groups is 2. The van der Waals surface area contributed by atoms with Gasteiger partial charge in [0, 0.05) is 82.5 Å². The van der Waals surface area contributed by atoms with Gasteiger partial charge in [0.05, 0.1) is 37.6 Å². The maximum absolute atomic E-state index is 13.9. The van der Waals surface area contributed by atoms with Gasteiger partial charge < -0.3 is 38.3 Å². The van der Waals surface area contributed by atoms with Crippen LogP contribution < -0.4 is 4.74 Å². The topological polar surface area (TPSA) is 122 Å². The second-order valence-electron chi connectivity index (χ2n) is 14.5. The Morgan fingerprint density at radius 1 is 0.978 bits per heavy atom. The number of benzene rings is 1. The minimum Gasteiger partial charge on any atom is -0.497 e. The first kappa shape index (κ1) is 32.3. The van der Waals surface area contributed by atoms with E-state index in [1.165, 1.54) is 6.92 Å². The van der Waals surface area contributed by atoms with Crippen molar-refractivity contribution in [3.63, 3.8) is 0 Å². The van der Waals surface area contributed by atoms with Crippen LogP contribution in [0.2, 0.25) is 0 Å². The minimum atomic E-state index is -1.43. The Labute approximate surface area is 271 Å². The molecular formula is C35H49NO10. The molecule has 1 aromatic carbocycles. The number of hydrogen-bond donors (Lipinski definition) is 1. The number of carbonyl (C=O) groups excluding carboxylic acids is 2. The molecule has 6 fully saturated rings. The summed E-state index contributed by atoms with van der Waals surface area (Å²) in [6.45, 7) is 5.71. The fourth-order valence-corrected chi connectivity index (χ4v) is 12.5. The molecule has 5 saturated carbocycles. The van der Waals surface area contributed by atoms with Crippen molar-refractivity contribution in [1.82, 2.24) is 4.90 Å². The average molecular weight is 644 g/mol. The van der Waals surface area contributed by atoms with Crippen molar-refractivity contribution in [3.8, 4) is 5.75 Å². The molecule has 5 aliphatic carbocycles. The maximum Gasteiger partial charge on any atom is 0.338 e. The Morgan fingerprint density at radius 2 is 1.70 bits per heavy atom. The zero-order valence-electron chi connectivity index (χ0n) is 28.0. The summed E-state index contributed by atoms with van der Waals surface area (Å²) in [6, 6.07) is 6.72. The molecule has 0 aromatic heterocycles. The molecule has 46 heavy (non-hydrogen) atoms. The van der Waals surface area contributed by atoms with E-state index in [9.17, 15) is 14.7 Å². The molecule has 0 radical (unpaired) electrons. The highest BCUT2D eigenvalue weighted by molar-refractivity contribution is 5.89. The lowest BCUT2D eigenvalue weighted by Gasteiger charge is -2.69. The third-order valence-corrected chi connectivity index (χ3v) is 13.3. The van der Waals surface area contributed by atoms with Crippen LogP contribution in [0.15, 0.2) is 24.3 Å². The summed E-state index contributed by atoms with van der Waals surface area (Å²) in [6.07, 6.45) is -0.659. The van der Waals surface area contributed by atoms with Crippen LogP contribution in [0.1, 0.15) is 43.5 Å². The second kappa shape index (κ2) is 11.4. The van der Waals surface area contributed by atoms with Crippen LogP contribution >= 0.6 is 0 Å². The molecule has 0 amide bonds. The van der Waals surface area contributed by atoms with Crippen molar-refractivity contribution in [2.75, 3.05) is 55.2 Å². The predicted molar refractivity (Wildman–Crippen MR) is 164 cm³/mol. The first-order chi connectivity index (χ1) is 22.1. The van der Waals surface area contributed by atoms with E-state index in [1.807, 2.05) is 0 Å². The predicted octanol–water partition coefficient (Wildman–Crippen LogP) is 2.57. The van der Waals surface area contributed by atoms with Crippen LogP contribution in [-0.2, 0) is 33.2 Å². The van der Waals surface area contributed by atoms with Crippen LogP contribution in [0.25, 0.3) is 0 Å². The highest BCUT2D eigenvalue weighted by atomic mass is 16.6. The van der Waals surface area contributed by atoms with Crippen molar-refractivity contribution in [1.29, 1.82) is 0 Å². The first-order valence-electron chi connectivity index (χ1n) is 16.7.